The second-order valence-electron chi connectivity index (χ2n) is 11.8. The number of rotatable bonds is 13. The van der Waals surface area contributed by atoms with Crippen molar-refractivity contribution in [1.82, 2.24) is 15.5 Å². The predicted molar refractivity (Wildman–Crippen MR) is 192 cm³/mol. The second kappa shape index (κ2) is 16.5. The van der Waals surface area contributed by atoms with Crippen LogP contribution in [0.25, 0.3) is 16.0 Å². The number of thiophene rings is 1. The molecule has 9 nitrogen and oxygen atoms in total. The van der Waals surface area contributed by atoms with Gasteiger partial charge >= 0.3 is 0 Å². The van der Waals surface area contributed by atoms with Gasteiger partial charge in [-0.05, 0) is 61.1 Å². The van der Waals surface area contributed by atoms with E-state index in [0.29, 0.717) is 56.1 Å². The molecule has 14 heteroatoms. The number of nitrogens with one attached hydrogen (secondary N) is 2. The zero-order chi connectivity index (χ0) is 35.1. The van der Waals surface area contributed by atoms with Crippen LogP contribution in [-0.2, 0) is 16.1 Å². The van der Waals surface area contributed by atoms with Gasteiger partial charge in [-0.15, -0.1) is 22.9 Å². The average molecular weight is 750 g/mol. The van der Waals surface area contributed by atoms with Crippen LogP contribution < -0.4 is 21.1 Å². The predicted octanol–water partition coefficient (Wildman–Crippen LogP) is 5.94. The summed E-state index contributed by atoms with van der Waals surface area (Å²) in [6.07, 6.45) is 7.29. The first kappa shape index (κ1) is 36.8. The molecule has 0 spiro atoms. The van der Waals surface area contributed by atoms with E-state index < -0.39 is 24.0 Å². The van der Waals surface area contributed by atoms with Gasteiger partial charge in [-0.2, -0.15) is 0 Å². The van der Waals surface area contributed by atoms with Crippen LogP contribution in [0.4, 0.5) is 4.39 Å². The normalized spacial score (nSPS) is 17.0. The summed E-state index contributed by atoms with van der Waals surface area (Å²) in [5.41, 5.74) is 7.80. The summed E-state index contributed by atoms with van der Waals surface area (Å²) in [5, 5.41) is 15.6. The maximum Gasteiger partial charge on any atom is 0.267 e. The number of nitrogens with two attached hydrogens (primary N) is 1. The quantitative estimate of drug-likeness (QED) is 0.126. The molecule has 49 heavy (non-hydrogen) atoms. The van der Waals surface area contributed by atoms with Gasteiger partial charge in [0, 0.05) is 47.2 Å². The van der Waals surface area contributed by atoms with Crippen LogP contribution >= 0.6 is 46.1 Å². The van der Waals surface area contributed by atoms with Crippen molar-refractivity contribution in [3.63, 3.8) is 0 Å². The van der Waals surface area contributed by atoms with E-state index in [2.05, 4.69) is 10.6 Å². The lowest BCUT2D eigenvalue weighted by Gasteiger charge is -2.40. The lowest BCUT2D eigenvalue weighted by atomic mass is 9.86. The fourth-order valence-corrected chi connectivity index (χ4v) is 7.74. The number of hydrogen-bond acceptors (Lipinski definition) is 7. The minimum atomic E-state index is -1.05. The number of alkyl halides is 1. The molecule has 1 aliphatic heterocycles. The van der Waals surface area contributed by atoms with E-state index in [4.69, 9.17) is 50.4 Å². The average Bonchev–Trinajstić information content (AvgIpc) is 3.46. The van der Waals surface area contributed by atoms with Crippen LogP contribution in [0.1, 0.15) is 46.5 Å². The number of allylic oxidation sites excluding steroid dienone is 4. The number of primary amides is 1. The van der Waals surface area contributed by atoms with Crippen molar-refractivity contribution in [2.45, 2.75) is 43.1 Å². The number of halogens is 4. The SMILES string of the molecule is NC(=O)C1(NCc2ccc(F)cc2)CCN(C(=O)c2sc(-c3ccc(Cl)cc3Cl)c(C3=CCC(Cl)C=C3)c2OCCCNC(=O)CO)CC1. The van der Waals surface area contributed by atoms with Gasteiger partial charge in [0.1, 0.15) is 22.8 Å². The van der Waals surface area contributed by atoms with Crippen molar-refractivity contribution in [3.8, 4) is 16.2 Å². The highest BCUT2D eigenvalue weighted by atomic mass is 35.5. The Kier molecular flexibility index (Phi) is 12.4. The highest BCUT2D eigenvalue weighted by molar-refractivity contribution is 7.18. The number of aliphatic hydroxyl groups excluding tert-OH is 1. The Morgan fingerprint density at radius 2 is 1.86 bits per heavy atom. The molecular formula is C35H36Cl3FN4O5S. The van der Waals surface area contributed by atoms with Crippen molar-refractivity contribution in [2.24, 2.45) is 5.73 Å². The summed E-state index contributed by atoms with van der Waals surface area (Å²) in [7, 11) is 0. The van der Waals surface area contributed by atoms with Crippen LogP contribution in [0.15, 0.2) is 60.7 Å². The highest BCUT2D eigenvalue weighted by Crippen LogP contribution is 2.49. The van der Waals surface area contributed by atoms with E-state index >= 15 is 0 Å². The Hall–Kier alpha value is -3.45. The number of carbonyl (C=O) groups excluding carboxylic acids is 3. The fraction of sp³-hybridized carbons (Fsp3) is 0.343. The van der Waals surface area contributed by atoms with Crippen LogP contribution in [0.2, 0.25) is 10.0 Å². The fourth-order valence-electron chi connectivity index (χ4n) is 5.75. The van der Waals surface area contributed by atoms with Gasteiger partial charge in [-0.1, -0.05) is 59.6 Å². The number of piperidine rings is 1. The number of nitrogens with zero attached hydrogens (tertiary/aromatic N) is 1. The molecule has 2 aromatic carbocycles. The molecule has 0 radical (unpaired) electrons. The molecule has 3 amide bonds. The number of hydrogen-bond donors (Lipinski definition) is 4. The molecule has 2 aliphatic rings. The summed E-state index contributed by atoms with van der Waals surface area (Å²) in [6, 6.07) is 11.2. The Labute approximate surface area is 302 Å². The van der Waals surface area contributed by atoms with Crippen molar-refractivity contribution in [2.75, 3.05) is 32.8 Å². The van der Waals surface area contributed by atoms with Gasteiger partial charge in [-0.3, -0.25) is 19.7 Å². The van der Waals surface area contributed by atoms with E-state index in [0.717, 1.165) is 11.1 Å². The topological polar surface area (TPSA) is 134 Å². The zero-order valence-electron chi connectivity index (χ0n) is 26.4. The molecule has 1 saturated heterocycles. The monoisotopic (exact) mass is 748 g/mol. The molecule has 1 unspecified atom stereocenters. The molecule has 1 atom stereocenters. The number of aliphatic hydroxyl groups is 1. The van der Waals surface area contributed by atoms with Gasteiger partial charge in [0.25, 0.3) is 5.91 Å². The van der Waals surface area contributed by atoms with Crippen LogP contribution in [0, 0.1) is 5.82 Å². The first-order chi connectivity index (χ1) is 23.5. The molecule has 260 valence electrons. The number of likely N-dealkylation sites (tertiary alicyclic amines) is 1. The highest BCUT2D eigenvalue weighted by Gasteiger charge is 2.42. The molecule has 2 heterocycles. The summed E-state index contributed by atoms with van der Waals surface area (Å²) in [6.45, 7) is 0.601. The smallest absolute Gasteiger partial charge is 0.267 e. The Morgan fingerprint density at radius 1 is 1.12 bits per heavy atom. The number of carbonyl (C=O) groups is 3. The molecule has 1 aliphatic carbocycles. The zero-order valence-corrected chi connectivity index (χ0v) is 29.5. The molecular weight excluding hydrogens is 714 g/mol. The molecule has 0 bridgehead atoms. The van der Waals surface area contributed by atoms with Crippen molar-refractivity contribution in [3.05, 3.63) is 92.6 Å². The maximum absolute atomic E-state index is 14.4. The molecule has 0 saturated carbocycles. The number of benzene rings is 2. The Balaban J connectivity index is 1.46. The molecule has 5 rings (SSSR count). The van der Waals surface area contributed by atoms with E-state index in [1.165, 1.54) is 23.5 Å². The third kappa shape index (κ3) is 8.83. The minimum absolute atomic E-state index is 0.163. The maximum atomic E-state index is 14.4. The Bertz CT molecular complexity index is 1760. The lowest BCUT2D eigenvalue weighted by molar-refractivity contribution is -0.126. The summed E-state index contributed by atoms with van der Waals surface area (Å²) in [5.74, 6) is -1.28. The van der Waals surface area contributed by atoms with Crippen molar-refractivity contribution >= 4 is 69.4 Å². The third-order valence-corrected chi connectivity index (χ3v) is 10.6. The van der Waals surface area contributed by atoms with Crippen LogP contribution in [-0.4, -0.2) is 71.5 Å². The van der Waals surface area contributed by atoms with Crippen LogP contribution in [0.3, 0.4) is 0 Å². The van der Waals surface area contributed by atoms with E-state index in [-0.39, 0.29) is 56.2 Å². The number of amides is 3. The lowest BCUT2D eigenvalue weighted by Crippen LogP contribution is -2.61. The van der Waals surface area contributed by atoms with Gasteiger partial charge in [-0.25, -0.2) is 4.39 Å². The number of ether oxygens (including phenoxy) is 1. The summed E-state index contributed by atoms with van der Waals surface area (Å²) in [4.78, 5) is 41.4. The van der Waals surface area contributed by atoms with Gasteiger partial charge in [0.2, 0.25) is 11.8 Å². The molecule has 1 aromatic heterocycles. The van der Waals surface area contributed by atoms with E-state index in [1.54, 1.807) is 35.2 Å². The van der Waals surface area contributed by atoms with Gasteiger partial charge in [0.05, 0.1) is 17.0 Å². The van der Waals surface area contributed by atoms with Crippen molar-refractivity contribution < 1.29 is 28.6 Å². The largest absolute Gasteiger partial charge is 0.491 e. The first-order valence-electron chi connectivity index (χ1n) is 15.8. The van der Waals surface area contributed by atoms with E-state index in [1.807, 2.05) is 18.2 Å². The summed E-state index contributed by atoms with van der Waals surface area (Å²) < 4.78 is 19.8. The third-order valence-electron chi connectivity index (χ3n) is 8.52. The summed E-state index contributed by atoms with van der Waals surface area (Å²) >= 11 is 20.6. The second-order valence-corrected chi connectivity index (χ2v) is 14.2. The van der Waals surface area contributed by atoms with Gasteiger partial charge < -0.3 is 25.8 Å². The van der Waals surface area contributed by atoms with Crippen LogP contribution in [0.5, 0.6) is 5.75 Å². The van der Waals surface area contributed by atoms with E-state index in [9.17, 15) is 18.8 Å². The van der Waals surface area contributed by atoms with Crippen molar-refractivity contribution in [1.29, 1.82) is 0 Å². The molecule has 3 aromatic rings. The molecule has 5 N–H and O–H groups in total. The van der Waals surface area contributed by atoms with Gasteiger partial charge in [0.15, 0.2) is 5.75 Å². The standard InChI is InChI=1S/C35H36Cl3FN4O5S/c36-23-6-4-22(5-7-23)29-30(48-17-1-14-41-28(45)20-44)32(49-31(29)26-11-8-24(37)18-27(26)38)33(46)43-15-12-35(13-16-43,34(40)47)42-19-21-2-9-25(39)10-3-21/h2-6,8-11,18,23,42,44H,1,7,12-17,19-20H2,(H2,40,47)(H,41,45). The minimum Gasteiger partial charge on any atom is -0.491 e. The molecule has 1 fully saturated rings. The first-order valence-corrected chi connectivity index (χ1v) is 17.8. The Morgan fingerprint density at radius 3 is 2.49 bits per heavy atom.